The topological polar surface area (TPSA) is 28.2 Å². The molecule has 0 aromatic carbocycles. The van der Waals surface area contributed by atoms with Crippen LogP contribution in [-0.4, -0.2) is 31.2 Å². The summed E-state index contributed by atoms with van der Waals surface area (Å²) in [4.78, 5) is 6.70. The lowest BCUT2D eigenvalue weighted by Gasteiger charge is -2.32. The molecule has 1 aromatic rings. The zero-order chi connectivity index (χ0) is 10.7. The van der Waals surface area contributed by atoms with Crippen molar-refractivity contribution in [2.75, 3.05) is 25.0 Å². The van der Waals surface area contributed by atoms with Crippen LogP contribution in [-0.2, 0) is 0 Å². The third-order valence-electron chi connectivity index (χ3n) is 2.93. The van der Waals surface area contributed by atoms with Gasteiger partial charge in [0.05, 0.1) is 0 Å². The van der Waals surface area contributed by atoms with Gasteiger partial charge in [0, 0.05) is 23.8 Å². The number of nitrogens with one attached hydrogen (secondary N) is 1. The maximum absolute atomic E-state index is 4.41. The van der Waals surface area contributed by atoms with Crippen LogP contribution in [0.25, 0.3) is 0 Å². The average molecular weight is 307 g/mol. The van der Waals surface area contributed by atoms with Gasteiger partial charge in [-0.15, -0.1) is 12.4 Å². The van der Waals surface area contributed by atoms with Gasteiger partial charge < -0.3 is 10.2 Å². The zero-order valence-corrected chi connectivity index (χ0v) is 11.7. The number of hydrogen-bond acceptors (Lipinski definition) is 3. The minimum absolute atomic E-state index is 0. The Kier molecular flexibility index (Phi) is 5.52. The van der Waals surface area contributed by atoms with Crippen LogP contribution in [0.15, 0.2) is 22.8 Å². The number of anilines is 1. The van der Waals surface area contributed by atoms with Crippen molar-refractivity contribution in [2.45, 2.75) is 18.9 Å². The van der Waals surface area contributed by atoms with E-state index in [1.165, 1.54) is 12.8 Å². The molecule has 2 heterocycles. The number of pyridine rings is 1. The lowest BCUT2D eigenvalue weighted by Crippen LogP contribution is -2.41. The number of halogens is 2. The summed E-state index contributed by atoms with van der Waals surface area (Å²) in [5.41, 5.74) is 0. The predicted octanol–water partition coefficient (Wildman–Crippen LogP) is 2.45. The van der Waals surface area contributed by atoms with Gasteiger partial charge in [0.15, 0.2) is 0 Å². The second-order valence-electron chi connectivity index (χ2n) is 3.93. The molecule has 0 spiro atoms. The van der Waals surface area contributed by atoms with Crippen molar-refractivity contribution in [3.05, 3.63) is 22.8 Å². The molecule has 5 heteroatoms. The summed E-state index contributed by atoms with van der Waals surface area (Å²) >= 11 is 3.40. The summed E-state index contributed by atoms with van der Waals surface area (Å²) in [5, 5.41) is 3.38. The first kappa shape index (κ1) is 13.7. The number of piperidine rings is 1. The van der Waals surface area contributed by atoms with E-state index in [9.17, 15) is 0 Å². The minimum atomic E-state index is 0. The number of hydrogen-bond donors (Lipinski definition) is 1. The first-order valence-corrected chi connectivity index (χ1v) is 6.12. The van der Waals surface area contributed by atoms with Crippen LogP contribution < -0.4 is 10.2 Å². The van der Waals surface area contributed by atoms with E-state index in [-0.39, 0.29) is 12.4 Å². The normalized spacial score (nSPS) is 16.6. The third-order valence-corrected chi connectivity index (χ3v) is 3.40. The molecular weight excluding hydrogens is 289 g/mol. The standard InChI is InChI=1S/C11H16BrN3.ClH/c1-15(10-4-6-13-7-5-10)11-3-2-9(12)8-14-11;/h2-3,8,10,13H,4-7H2,1H3;1H. The fourth-order valence-electron chi connectivity index (χ4n) is 1.96. The molecule has 0 unspecified atom stereocenters. The smallest absolute Gasteiger partial charge is 0.128 e. The average Bonchev–Trinajstić information content (AvgIpc) is 2.30. The van der Waals surface area contributed by atoms with Crippen LogP contribution in [0.1, 0.15) is 12.8 Å². The van der Waals surface area contributed by atoms with Crippen LogP contribution in [0.3, 0.4) is 0 Å². The molecule has 1 aliphatic heterocycles. The minimum Gasteiger partial charge on any atom is -0.357 e. The predicted molar refractivity (Wildman–Crippen MR) is 73.5 cm³/mol. The molecule has 1 aromatic heterocycles. The molecule has 3 nitrogen and oxygen atoms in total. The Morgan fingerprint density at radius 2 is 2.06 bits per heavy atom. The molecule has 1 saturated heterocycles. The van der Waals surface area contributed by atoms with Crippen LogP contribution in [0.5, 0.6) is 0 Å². The van der Waals surface area contributed by atoms with Crippen LogP contribution in [0.2, 0.25) is 0 Å². The van der Waals surface area contributed by atoms with Gasteiger partial charge in [0.2, 0.25) is 0 Å². The Morgan fingerprint density at radius 1 is 1.38 bits per heavy atom. The summed E-state index contributed by atoms with van der Waals surface area (Å²) in [6.45, 7) is 2.23. The molecule has 0 saturated carbocycles. The SMILES string of the molecule is CN(c1ccc(Br)cn1)C1CCNCC1.Cl. The second kappa shape index (κ2) is 6.42. The first-order valence-electron chi connectivity index (χ1n) is 5.32. The summed E-state index contributed by atoms with van der Waals surface area (Å²) < 4.78 is 1.03. The Hall–Kier alpha value is -0.320. The largest absolute Gasteiger partial charge is 0.357 e. The summed E-state index contributed by atoms with van der Waals surface area (Å²) in [7, 11) is 2.13. The highest BCUT2D eigenvalue weighted by Gasteiger charge is 2.18. The fourth-order valence-corrected chi connectivity index (χ4v) is 2.19. The monoisotopic (exact) mass is 305 g/mol. The van der Waals surface area contributed by atoms with Crippen molar-refractivity contribution >= 4 is 34.2 Å². The number of aromatic nitrogens is 1. The lowest BCUT2D eigenvalue weighted by atomic mass is 10.1. The van der Waals surface area contributed by atoms with E-state index in [0.717, 1.165) is 23.4 Å². The maximum atomic E-state index is 4.41. The van der Waals surface area contributed by atoms with Crippen LogP contribution in [0.4, 0.5) is 5.82 Å². The highest BCUT2D eigenvalue weighted by molar-refractivity contribution is 9.10. The van der Waals surface area contributed by atoms with E-state index in [0.29, 0.717) is 6.04 Å². The van der Waals surface area contributed by atoms with E-state index in [2.05, 4.69) is 44.2 Å². The van der Waals surface area contributed by atoms with Crippen molar-refractivity contribution in [1.82, 2.24) is 10.3 Å². The van der Waals surface area contributed by atoms with Crippen LogP contribution in [0, 0.1) is 0 Å². The highest BCUT2D eigenvalue weighted by atomic mass is 79.9. The van der Waals surface area contributed by atoms with Gasteiger partial charge in [0.1, 0.15) is 5.82 Å². The van der Waals surface area contributed by atoms with Gasteiger partial charge in [-0.1, -0.05) is 0 Å². The maximum Gasteiger partial charge on any atom is 0.128 e. The Morgan fingerprint density at radius 3 is 2.62 bits per heavy atom. The van der Waals surface area contributed by atoms with Crippen molar-refractivity contribution in [2.24, 2.45) is 0 Å². The van der Waals surface area contributed by atoms with Gasteiger partial charge in [-0.3, -0.25) is 0 Å². The molecule has 1 N–H and O–H groups in total. The summed E-state index contributed by atoms with van der Waals surface area (Å²) in [6.07, 6.45) is 4.26. The summed E-state index contributed by atoms with van der Waals surface area (Å²) in [5.74, 6) is 1.06. The van der Waals surface area contributed by atoms with Crippen molar-refractivity contribution in [3.63, 3.8) is 0 Å². The summed E-state index contributed by atoms with van der Waals surface area (Å²) in [6, 6.07) is 4.73. The van der Waals surface area contributed by atoms with Gasteiger partial charge in [0.25, 0.3) is 0 Å². The molecule has 2 rings (SSSR count). The highest BCUT2D eigenvalue weighted by Crippen LogP contribution is 2.19. The molecular formula is C11H17BrClN3. The van der Waals surface area contributed by atoms with Gasteiger partial charge in [-0.2, -0.15) is 0 Å². The quantitative estimate of drug-likeness (QED) is 0.910. The van der Waals surface area contributed by atoms with E-state index in [1.54, 1.807) is 0 Å². The van der Waals surface area contributed by atoms with E-state index < -0.39 is 0 Å². The number of rotatable bonds is 2. The van der Waals surface area contributed by atoms with Gasteiger partial charge in [-0.05, 0) is 54.0 Å². The Bertz CT molecular complexity index is 312. The molecule has 0 aliphatic carbocycles. The molecule has 16 heavy (non-hydrogen) atoms. The Balaban J connectivity index is 0.00000128. The Labute approximate surface area is 111 Å². The zero-order valence-electron chi connectivity index (χ0n) is 9.32. The molecule has 0 amide bonds. The third kappa shape index (κ3) is 3.34. The lowest BCUT2D eigenvalue weighted by molar-refractivity contribution is 0.442. The second-order valence-corrected chi connectivity index (χ2v) is 4.84. The van der Waals surface area contributed by atoms with Gasteiger partial charge >= 0.3 is 0 Å². The number of nitrogens with zero attached hydrogens (tertiary/aromatic N) is 2. The van der Waals surface area contributed by atoms with Crippen LogP contribution >= 0.6 is 28.3 Å². The molecule has 90 valence electrons. The van der Waals surface area contributed by atoms with Gasteiger partial charge in [-0.25, -0.2) is 4.98 Å². The van der Waals surface area contributed by atoms with E-state index in [4.69, 9.17) is 0 Å². The van der Waals surface area contributed by atoms with Crippen molar-refractivity contribution in [3.8, 4) is 0 Å². The van der Waals surface area contributed by atoms with Crippen molar-refractivity contribution < 1.29 is 0 Å². The molecule has 0 atom stereocenters. The molecule has 0 radical (unpaired) electrons. The first-order chi connectivity index (χ1) is 7.27. The van der Waals surface area contributed by atoms with E-state index in [1.807, 2.05) is 12.3 Å². The fraction of sp³-hybridized carbons (Fsp3) is 0.545. The molecule has 0 bridgehead atoms. The van der Waals surface area contributed by atoms with E-state index >= 15 is 0 Å². The molecule has 1 fully saturated rings. The van der Waals surface area contributed by atoms with Crippen molar-refractivity contribution in [1.29, 1.82) is 0 Å². The molecule has 1 aliphatic rings.